The van der Waals surface area contributed by atoms with Crippen molar-refractivity contribution in [2.75, 3.05) is 7.11 Å². The van der Waals surface area contributed by atoms with Gasteiger partial charge >= 0.3 is 0 Å². The van der Waals surface area contributed by atoms with Gasteiger partial charge in [-0.3, -0.25) is 0 Å². The highest BCUT2D eigenvalue weighted by Crippen LogP contribution is 2.29. The molecule has 2 aromatic carbocycles. The van der Waals surface area contributed by atoms with E-state index in [9.17, 15) is 0 Å². The normalized spacial score (nSPS) is 10.5. The summed E-state index contributed by atoms with van der Waals surface area (Å²) in [4.78, 5) is 0. The lowest BCUT2D eigenvalue weighted by molar-refractivity contribution is 0.415. The summed E-state index contributed by atoms with van der Waals surface area (Å²) in [5, 5.41) is 0. The molecule has 2 heteroatoms. The summed E-state index contributed by atoms with van der Waals surface area (Å²) in [5.41, 5.74) is 5.31. The Morgan fingerprint density at radius 2 is 1.79 bits per heavy atom. The second kappa shape index (κ2) is 6.67. The van der Waals surface area contributed by atoms with Gasteiger partial charge in [0.1, 0.15) is 5.75 Å². The maximum atomic E-state index is 5.22. The van der Waals surface area contributed by atoms with Crippen LogP contribution in [0.2, 0.25) is 0 Å². The monoisotopic (exact) mass is 272 g/mol. The lowest BCUT2D eigenvalue weighted by atomic mass is 9.93. The Balaban J connectivity index is 2.47. The molecule has 2 rings (SSSR count). The topological polar surface area (TPSA) is 9.23 Å². The van der Waals surface area contributed by atoms with E-state index in [-0.39, 0.29) is 0 Å². The van der Waals surface area contributed by atoms with Crippen LogP contribution in [0.1, 0.15) is 24.5 Å². The van der Waals surface area contributed by atoms with Crippen molar-refractivity contribution >= 4 is 12.6 Å². The van der Waals surface area contributed by atoms with E-state index in [1.54, 1.807) is 7.11 Å². The van der Waals surface area contributed by atoms with Crippen LogP contribution >= 0.6 is 12.6 Å². The molecule has 0 amide bonds. The Morgan fingerprint density at radius 3 is 2.37 bits per heavy atom. The van der Waals surface area contributed by atoms with E-state index in [2.05, 4.69) is 49.9 Å². The number of thiol groups is 1. The fourth-order valence-corrected chi connectivity index (χ4v) is 2.67. The van der Waals surface area contributed by atoms with E-state index < -0.39 is 0 Å². The molecule has 0 aliphatic carbocycles. The third kappa shape index (κ3) is 3.13. The Kier molecular flexibility index (Phi) is 4.92. The zero-order valence-electron chi connectivity index (χ0n) is 11.5. The molecule has 100 valence electrons. The first-order valence-corrected chi connectivity index (χ1v) is 7.29. The first-order chi connectivity index (χ1) is 9.30. The van der Waals surface area contributed by atoms with Crippen LogP contribution in [0.3, 0.4) is 0 Å². The molecule has 0 aromatic heterocycles. The van der Waals surface area contributed by atoms with Gasteiger partial charge in [-0.25, -0.2) is 0 Å². The van der Waals surface area contributed by atoms with Gasteiger partial charge in [-0.05, 0) is 40.8 Å². The molecule has 0 bridgehead atoms. The fraction of sp³-hybridized carbons (Fsp3) is 0.294. The quantitative estimate of drug-likeness (QED) is 0.773. The third-order valence-corrected chi connectivity index (χ3v) is 3.69. The zero-order chi connectivity index (χ0) is 13.7. The fourth-order valence-electron chi connectivity index (χ4n) is 2.37. The summed E-state index contributed by atoms with van der Waals surface area (Å²) in [6.07, 6.45) is 2.24. The number of rotatable bonds is 5. The van der Waals surface area contributed by atoms with Crippen molar-refractivity contribution in [1.82, 2.24) is 0 Å². The lowest BCUT2D eigenvalue weighted by Gasteiger charge is -2.14. The van der Waals surface area contributed by atoms with Crippen molar-refractivity contribution in [3.05, 3.63) is 53.6 Å². The third-order valence-electron chi connectivity index (χ3n) is 3.34. The van der Waals surface area contributed by atoms with E-state index in [0.29, 0.717) is 0 Å². The van der Waals surface area contributed by atoms with Gasteiger partial charge in [-0.15, -0.1) is 0 Å². The van der Waals surface area contributed by atoms with Crippen molar-refractivity contribution in [1.29, 1.82) is 0 Å². The number of hydrogen-bond donors (Lipinski definition) is 1. The van der Waals surface area contributed by atoms with Gasteiger partial charge in [0, 0.05) is 5.75 Å². The molecular formula is C17H20OS. The van der Waals surface area contributed by atoms with Crippen molar-refractivity contribution < 1.29 is 4.74 Å². The first kappa shape index (κ1) is 14.0. The molecule has 0 N–H and O–H groups in total. The van der Waals surface area contributed by atoms with Crippen LogP contribution in [0.15, 0.2) is 42.5 Å². The van der Waals surface area contributed by atoms with Crippen LogP contribution in [0, 0.1) is 0 Å². The van der Waals surface area contributed by atoms with E-state index >= 15 is 0 Å². The highest BCUT2D eigenvalue weighted by molar-refractivity contribution is 7.79. The average molecular weight is 272 g/mol. The molecule has 0 aliphatic rings. The van der Waals surface area contributed by atoms with Gasteiger partial charge in [0.2, 0.25) is 0 Å². The van der Waals surface area contributed by atoms with Crippen molar-refractivity contribution in [3.63, 3.8) is 0 Å². The van der Waals surface area contributed by atoms with E-state index in [0.717, 1.165) is 24.3 Å². The molecule has 0 saturated carbocycles. The molecule has 0 unspecified atom stereocenters. The number of benzene rings is 2. The van der Waals surface area contributed by atoms with Crippen LogP contribution in [-0.4, -0.2) is 7.11 Å². The standard InChI is InChI=1S/C17H20OS/c1-3-5-16-14(12-19)6-4-7-17(16)13-8-10-15(18-2)11-9-13/h4,6-11,19H,3,5,12H2,1-2H3. The molecule has 0 saturated heterocycles. The second-order valence-electron chi connectivity index (χ2n) is 4.58. The number of methoxy groups -OCH3 is 1. The van der Waals surface area contributed by atoms with Crippen molar-refractivity contribution in [2.24, 2.45) is 0 Å². The van der Waals surface area contributed by atoms with Crippen molar-refractivity contribution in [3.8, 4) is 16.9 Å². The Morgan fingerprint density at radius 1 is 1.05 bits per heavy atom. The summed E-state index contributed by atoms with van der Waals surface area (Å²) >= 11 is 4.44. The Labute approximate surface area is 121 Å². The van der Waals surface area contributed by atoms with Gasteiger partial charge in [0.15, 0.2) is 0 Å². The van der Waals surface area contributed by atoms with Crippen LogP contribution in [0.4, 0.5) is 0 Å². The van der Waals surface area contributed by atoms with Gasteiger partial charge < -0.3 is 4.74 Å². The average Bonchev–Trinajstić information content (AvgIpc) is 2.48. The van der Waals surface area contributed by atoms with Gasteiger partial charge in [-0.1, -0.05) is 43.7 Å². The lowest BCUT2D eigenvalue weighted by Crippen LogP contribution is -1.95. The molecule has 1 nitrogen and oxygen atoms in total. The van der Waals surface area contributed by atoms with E-state index in [1.807, 2.05) is 12.1 Å². The zero-order valence-corrected chi connectivity index (χ0v) is 12.4. The summed E-state index contributed by atoms with van der Waals surface area (Å²) in [5.74, 6) is 1.69. The summed E-state index contributed by atoms with van der Waals surface area (Å²) in [6, 6.07) is 14.7. The molecule has 2 aromatic rings. The largest absolute Gasteiger partial charge is 0.497 e. The summed E-state index contributed by atoms with van der Waals surface area (Å²) in [6.45, 7) is 2.22. The SMILES string of the molecule is CCCc1c(CS)cccc1-c1ccc(OC)cc1. The predicted molar refractivity (Wildman–Crippen MR) is 85.1 cm³/mol. The van der Waals surface area contributed by atoms with E-state index in [1.165, 1.54) is 22.3 Å². The van der Waals surface area contributed by atoms with Gasteiger partial charge in [0.05, 0.1) is 7.11 Å². The minimum absolute atomic E-state index is 0.791. The van der Waals surface area contributed by atoms with Crippen LogP contribution < -0.4 is 4.74 Å². The number of hydrogen-bond acceptors (Lipinski definition) is 2. The predicted octanol–water partition coefficient (Wildman–Crippen LogP) is 4.74. The smallest absolute Gasteiger partial charge is 0.118 e. The summed E-state index contributed by atoms with van der Waals surface area (Å²) < 4.78 is 5.22. The minimum atomic E-state index is 0.791. The maximum absolute atomic E-state index is 5.22. The molecule has 0 heterocycles. The Bertz CT molecular complexity index is 531. The van der Waals surface area contributed by atoms with Gasteiger partial charge in [-0.2, -0.15) is 12.6 Å². The maximum Gasteiger partial charge on any atom is 0.118 e. The van der Waals surface area contributed by atoms with Gasteiger partial charge in [0.25, 0.3) is 0 Å². The number of ether oxygens (including phenoxy) is 1. The van der Waals surface area contributed by atoms with E-state index in [4.69, 9.17) is 4.74 Å². The summed E-state index contributed by atoms with van der Waals surface area (Å²) in [7, 11) is 1.69. The Hall–Kier alpha value is -1.41. The van der Waals surface area contributed by atoms with Crippen LogP contribution in [-0.2, 0) is 12.2 Å². The molecule has 0 atom stereocenters. The molecule has 0 spiro atoms. The highest BCUT2D eigenvalue weighted by Gasteiger charge is 2.08. The first-order valence-electron chi connectivity index (χ1n) is 6.66. The second-order valence-corrected chi connectivity index (χ2v) is 4.90. The van der Waals surface area contributed by atoms with Crippen LogP contribution in [0.25, 0.3) is 11.1 Å². The van der Waals surface area contributed by atoms with Crippen LogP contribution in [0.5, 0.6) is 5.75 Å². The van der Waals surface area contributed by atoms with Crippen molar-refractivity contribution in [2.45, 2.75) is 25.5 Å². The minimum Gasteiger partial charge on any atom is -0.497 e. The molecule has 0 aliphatic heterocycles. The molecular weight excluding hydrogens is 252 g/mol. The molecule has 19 heavy (non-hydrogen) atoms. The highest BCUT2D eigenvalue weighted by atomic mass is 32.1. The molecule has 0 fully saturated rings. The molecule has 0 radical (unpaired) electrons.